The summed E-state index contributed by atoms with van der Waals surface area (Å²) >= 11 is 5.27. The van der Waals surface area contributed by atoms with Crippen LogP contribution in [0.1, 0.15) is 105 Å². The predicted molar refractivity (Wildman–Crippen MR) is 274 cm³/mol. The Kier molecular flexibility index (Phi) is 14.8. The van der Waals surface area contributed by atoms with Gasteiger partial charge in [0.1, 0.15) is 0 Å². The number of aromatic amines is 1. The van der Waals surface area contributed by atoms with Crippen LogP contribution in [0.2, 0.25) is 0 Å². The van der Waals surface area contributed by atoms with Gasteiger partial charge in [-0.3, -0.25) is 9.59 Å². The highest BCUT2D eigenvalue weighted by atomic mass is 35.5. The van der Waals surface area contributed by atoms with E-state index in [0.717, 1.165) is 99.5 Å². The minimum absolute atomic E-state index is 0. The summed E-state index contributed by atoms with van der Waals surface area (Å²) in [6.45, 7) is 15.1. The number of benzene rings is 4. The molecule has 14 heteroatoms. The Balaban J connectivity index is 0.000000182. The van der Waals surface area contributed by atoms with Crippen LogP contribution in [0.3, 0.4) is 0 Å². The number of fused-ring (bicyclic) bond motifs is 4. The van der Waals surface area contributed by atoms with Gasteiger partial charge in [-0.1, -0.05) is 68.5 Å². The molecule has 370 valence electrons. The number of carbonyl (C=O) groups excluding carboxylic acids is 2. The second-order valence-corrected chi connectivity index (χ2v) is 20.6. The van der Waals surface area contributed by atoms with Crippen LogP contribution in [0.25, 0.3) is 21.8 Å². The average molecular weight is 966 g/mol. The molecule has 5 heterocycles. The van der Waals surface area contributed by atoms with E-state index in [9.17, 15) is 14.7 Å². The first-order valence-electron chi connectivity index (χ1n) is 23.0. The largest absolute Gasteiger partial charge is 0.454 e. The Labute approximate surface area is 411 Å². The van der Waals surface area contributed by atoms with Gasteiger partial charge < -0.3 is 53.7 Å². The molecule has 1 saturated heterocycles. The molecule has 2 amide bonds. The second kappa shape index (κ2) is 19.9. The highest BCUT2D eigenvalue weighted by Crippen LogP contribution is 2.52. The van der Waals surface area contributed by atoms with Gasteiger partial charge in [0.2, 0.25) is 25.4 Å². The molecule has 3 fully saturated rings. The zero-order valence-electron chi connectivity index (χ0n) is 39.3. The summed E-state index contributed by atoms with van der Waals surface area (Å²) in [5, 5.41) is 18.8. The molecule has 2 atom stereocenters. The van der Waals surface area contributed by atoms with E-state index < -0.39 is 16.9 Å². The number of nitrogens with zero attached hydrogens (tertiary/aromatic N) is 1. The van der Waals surface area contributed by atoms with Crippen molar-refractivity contribution in [2.45, 2.75) is 122 Å². The fourth-order valence-corrected chi connectivity index (χ4v) is 9.01. The number of anilines is 2. The van der Waals surface area contributed by atoms with Crippen molar-refractivity contribution in [1.82, 2.24) is 9.55 Å². The molecule has 2 aliphatic carbocycles. The van der Waals surface area contributed by atoms with Crippen LogP contribution in [0, 0.1) is 0 Å². The standard InChI is InChI=1S/C27H32N2O5.C23H24N2O3.C3H5ClO.2CH4/c1-26(2,3)24-12-17-11-19(6-7-21(17)29(24)14-20(30)15-32-4)28-25(31)27(9-10-27)18-5-8-22-23(13-18)34-16-33-22;1-22(2,3)20-11-14-10-16(5-6-17(14)25-20)24-21(26)23(8-9-23)15-4-7-18-19(12-15)28-13-27-18;4-1-3-2-5-3;;/h5-8,11-13,20,30H,9-10,14-16H2,1-4H3,(H,28,31);4-7,10-12,25H,8-9,13H2,1-3H3,(H,24,26);3H,1-2H2;2*1H4. The van der Waals surface area contributed by atoms with Crippen LogP contribution in [-0.2, 0) is 47.3 Å². The van der Waals surface area contributed by atoms with E-state index in [0.29, 0.717) is 24.3 Å². The van der Waals surface area contributed by atoms with Crippen LogP contribution in [0.5, 0.6) is 23.0 Å². The number of halogens is 1. The van der Waals surface area contributed by atoms with Crippen molar-refractivity contribution in [2.24, 2.45) is 0 Å². The smallest absolute Gasteiger partial charge is 0.235 e. The number of nitrogens with one attached hydrogen (secondary N) is 3. The first kappa shape index (κ1) is 51.1. The van der Waals surface area contributed by atoms with Crippen molar-refractivity contribution in [3.63, 3.8) is 0 Å². The number of hydrogen-bond acceptors (Lipinski definition) is 9. The first-order chi connectivity index (χ1) is 32.0. The highest BCUT2D eigenvalue weighted by Gasteiger charge is 2.52. The maximum Gasteiger partial charge on any atom is 0.235 e. The molecule has 3 aliphatic heterocycles. The predicted octanol–water partition coefficient (Wildman–Crippen LogP) is 11.1. The van der Waals surface area contributed by atoms with Crippen LogP contribution < -0.4 is 29.6 Å². The number of aliphatic hydroxyl groups excluding tert-OH is 1. The van der Waals surface area contributed by atoms with E-state index in [1.807, 2.05) is 72.8 Å². The molecular formula is C55H69ClN4O9. The van der Waals surface area contributed by atoms with Gasteiger partial charge in [0.05, 0.1) is 48.7 Å². The van der Waals surface area contributed by atoms with Gasteiger partial charge in [0.25, 0.3) is 0 Å². The number of alkyl halides is 1. The molecule has 6 aromatic rings. The van der Waals surface area contributed by atoms with E-state index in [1.54, 1.807) is 7.11 Å². The zero-order chi connectivity index (χ0) is 47.3. The molecule has 69 heavy (non-hydrogen) atoms. The Morgan fingerprint density at radius 3 is 1.72 bits per heavy atom. The average Bonchev–Trinajstić information content (AvgIpc) is 4.26. The number of hydrogen-bond donors (Lipinski definition) is 4. The molecule has 2 unspecified atom stereocenters. The topological polar surface area (TPSA) is 158 Å². The number of aliphatic hydroxyl groups is 1. The maximum absolute atomic E-state index is 13.3. The van der Waals surface area contributed by atoms with Crippen molar-refractivity contribution >= 4 is 56.6 Å². The van der Waals surface area contributed by atoms with Crippen molar-refractivity contribution in [2.75, 3.05) is 50.4 Å². The van der Waals surface area contributed by atoms with Gasteiger partial charge >= 0.3 is 0 Å². The van der Waals surface area contributed by atoms with Crippen LogP contribution >= 0.6 is 11.6 Å². The summed E-state index contributed by atoms with van der Waals surface area (Å²) in [6, 6.07) is 27.9. The molecule has 4 aromatic carbocycles. The van der Waals surface area contributed by atoms with E-state index >= 15 is 0 Å². The molecule has 0 bridgehead atoms. The van der Waals surface area contributed by atoms with Crippen molar-refractivity contribution < 1.29 is 43.1 Å². The van der Waals surface area contributed by atoms with E-state index in [-0.39, 0.29) is 57.7 Å². The quantitative estimate of drug-likeness (QED) is 0.0733. The molecule has 2 saturated carbocycles. The number of rotatable bonds is 11. The fourth-order valence-electron chi connectivity index (χ4n) is 8.83. The fraction of sp³-hybridized carbons (Fsp3) is 0.455. The second-order valence-electron chi connectivity index (χ2n) is 20.3. The number of carbonyl (C=O) groups is 2. The molecule has 0 spiro atoms. The first-order valence-corrected chi connectivity index (χ1v) is 23.6. The summed E-state index contributed by atoms with van der Waals surface area (Å²) in [6.07, 6.45) is 3.11. The lowest BCUT2D eigenvalue weighted by atomic mass is 9.92. The molecular weight excluding hydrogens is 896 g/mol. The third-order valence-electron chi connectivity index (χ3n) is 13.2. The summed E-state index contributed by atoms with van der Waals surface area (Å²) in [7, 11) is 1.59. The minimum atomic E-state index is -0.600. The Morgan fingerprint density at radius 2 is 1.26 bits per heavy atom. The molecule has 13 nitrogen and oxygen atoms in total. The number of amides is 2. The summed E-state index contributed by atoms with van der Waals surface area (Å²) in [4.78, 5) is 29.9. The lowest BCUT2D eigenvalue weighted by Crippen LogP contribution is -2.27. The monoisotopic (exact) mass is 964 g/mol. The van der Waals surface area contributed by atoms with E-state index in [4.69, 9.17) is 40.0 Å². The van der Waals surface area contributed by atoms with Crippen molar-refractivity contribution in [1.29, 1.82) is 0 Å². The Hall–Kier alpha value is -5.73. The number of methoxy groups -OCH3 is 1. The van der Waals surface area contributed by atoms with Crippen LogP contribution in [0.4, 0.5) is 11.4 Å². The van der Waals surface area contributed by atoms with Gasteiger partial charge in [-0.2, -0.15) is 0 Å². The summed E-state index contributed by atoms with van der Waals surface area (Å²) in [5.74, 6) is 3.59. The van der Waals surface area contributed by atoms with Crippen LogP contribution in [0.15, 0.2) is 84.9 Å². The van der Waals surface area contributed by atoms with Gasteiger partial charge in [-0.25, -0.2) is 0 Å². The third kappa shape index (κ3) is 10.9. The minimum Gasteiger partial charge on any atom is -0.454 e. The van der Waals surface area contributed by atoms with Gasteiger partial charge in [0, 0.05) is 62.5 Å². The van der Waals surface area contributed by atoms with Crippen molar-refractivity contribution in [3.05, 3.63) is 107 Å². The number of aromatic nitrogens is 2. The number of epoxide rings is 1. The number of ether oxygens (including phenoxy) is 6. The van der Waals surface area contributed by atoms with E-state index in [2.05, 4.69) is 73.9 Å². The molecule has 5 aliphatic rings. The zero-order valence-corrected chi connectivity index (χ0v) is 40.1. The highest BCUT2D eigenvalue weighted by molar-refractivity contribution is 6.18. The summed E-state index contributed by atoms with van der Waals surface area (Å²) in [5.41, 5.74) is 6.92. The maximum atomic E-state index is 13.3. The lowest BCUT2D eigenvalue weighted by molar-refractivity contribution is -0.119. The molecule has 11 rings (SSSR count). The lowest BCUT2D eigenvalue weighted by Gasteiger charge is -2.23. The molecule has 2 aromatic heterocycles. The van der Waals surface area contributed by atoms with Gasteiger partial charge in [0.15, 0.2) is 23.0 Å². The Bertz CT molecular complexity index is 2810. The third-order valence-corrected chi connectivity index (χ3v) is 13.5. The molecule has 0 radical (unpaired) electrons. The van der Waals surface area contributed by atoms with Crippen LogP contribution in [-0.4, -0.2) is 78.5 Å². The van der Waals surface area contributed by atoms with Gasteiger partial charge in [-0.05, 0) is 110 Å². The Morgan fingerprint density at radius 1 is 0.739 bits per heavy atom. The van der Waals surface area contributed by atoms with Crippen molar-refractivity contribution in [3.8, 4) is 23.0 Å². The van der Waals surface area contributed by atoms with Gasteiger partial charge in [-0.15, -0.1) is 11.6 Å². The number of H-pyrrole nitrogens is 1. The SMILES string of the molecule is C.C.CC(C)(C)c1cc2cc(NC(=O)C3(c4ccc5c(c4)OCO5)CC3)ccc2[nH]1.COCC(O)Cn1c(C(C)(C)C)cc2cc(NC(=O)C3(c4ccc5c(c4)OCO5)CC3)ccc21.ClCC1CO1. The summed E-state index contributed by atoms with van der Waals surface area (Å²) < 4.78 is 33.8. The van der Waals surface area contributed by atoms with E-state index in [1.165, 1.54) is 5.69 Å². The molecule has 4 N–H and O–H groups in total. The normalized spacial score (nSPS) is 17.8.